The summed E-state index contributed by atoms with van der Waals surface area (Å²) in [7, 11) is 0. The van der Waals surface area contributed by atoms with Crippen molar-refractivity contribution in [3.8, 4) is 0 Å². The van der Waals surface area contributed by atoms with Crippen LogP contribution in [0.2, 0.25) is 0 Å². The van der Waals surface area contributed by atoms with Gasteiger partial charge in [-0.05, 0) is 26.0 Å². The smallest absolute Gasteiger partial charge is 0.315 e. The minimum absolute atomic E-state index is 0.232. The molecule has 0 radical (unpaired) electrons. The summed E-state index contributed by atoms with van der Waals surface area (Å²) in [5.74, 6) is -0.442. The Morgan fingerprint density at radius 2 is 2.27 bits per heavy atom. The minimum atomic E-state index is -1.19. The third-order valence-corrected chi connectivity index (χ3v) is 6.28. The van der Waals surface area contributed by atoms with Gasteiger partial charge in [0.2, 0.25) is 0 Å². The SMILES string of the molecule is CCOC(=O)[C@@]12CC[C@@H]1[C@@H](n1cnc3c(N)nc(SC)nc31)[C@H](O)[C@@H]2O. The quantitative estimate of drug-likeness (QED) is 0.391. The van der Waals surface area contributed by atoms with E-state index >= 15 is 0 Å². The second kappa shape index (κ2) is 6.07. The average Bonchev–Trinajstić information content (AvgIpc) is 3.07. The summed E-state index contributed by atoms with van der Waals surface area (Å²) in [6, 6.07) is -0.530. The number of ether oxygens (including phenoxy) is 1. The van der Waals surface area contributed by atoms with Gasteiger partial charge in [-0.15, -0.1) is 0 Å². The molecule has 2 saturated carbocycles. The first kappa shape index (κ1) is 17.5. The van der Waals surface area contributed by atoms with E-state index in [0.717, 1.165) is 0 Å². The number of nitrogen functional groups attached to an aromatic ring is 1. The Labute approximate surface area is 154 Å². The molecule has 0 aromatic carbocycles. The van der Waals surface area contributed by atoms with Crippen molar-refractivity contribution in [3.63, 3.8) is 0 Å². The maximum atomic E-state index is 12.6. The largest absolute Gasteiger partial charge is 0.465 e. The van der Waals surface area contributed by atoms with E-state index in [1.807, 2.05) is 6.26 Å². The second-order valence-electron chi connectivity index (χ2n) is 6.75. The van der Waals surface area contributed by atoms with Crippen LogP contribution < -0.4 is 5.73 Å². The lowest BCUT2D eigenvalue weighted by molar-refractivity contribution is -0.177. The molecular weight excluding hydrogens is 358 g/mol. The highest BCUT2D eigenvalue weighted by atomic mass is 32.2. The van der Waals surface area contributed by atoms with Crippen molar-refractivity contribution in [3.05, 3.63) is 6.33 Å². The van der Waals surface area contributed by atoms with E-state index in [-0.39, 0.29) is 18.3 Å². The molecule has 4 rings (SSSR count). The molecule has 5 atom stereocenters. The molecule has 10 heteroatoms. The van der Waals surface area contributed by atoms with Crippen LogP contribution in [0.25, 0.3) is 11.2 Å². The Morgan fingerprint density at radius 1 is 1.50 bits per heavy atom. The molecule has 2 heterocycles. The molecule has 4 N–H and O–H groups in total. The van der Waals surface area contributed by atoms with Crippen LogP contribution in [0.1, 0.15) is 25.8 Å². The normalized spacial score (nSPS) is 33.1. The number of nitrogens with two attached hydrogens (primary N) is 1. The molecule has 2 aliphatic rings. The number of aliphatic hydroxyl groups excluding tert-OH is 2. The zero-order chi connectivity index (χ0) is 18.6. The van der Waals surface area contributed by atoms with Crippen LogP contribution in [0, 0.1) is 11.3 Å². The summed E-state index contributed by atoms with van der Waals surface area (Å²) in [5, 5.41) is 21.9. The first-order chi connectivity index (χ1) is 12.5. The molecule has 0 unspecified atom stereocenters. The molecule has 2 aromatic rings. The van der Waals surface area contributed by atoms with E-state index in [4.69, 9.17) is 10.5 Å². The van der Waals surface area contributed by atoms with Gasteiger partial charge in [0.05, 0.1) is 25.1 Å². The minimum Gasteiger partial charge on any atom is -0.465 e. The molecule has 2 aromatic heterocycles. The van der Waals surface area contributed by atoms with Gasteiger partial charge in [-0.3, -0.25) is 4.79 Å². The third kappa shape index (κ3) is 2.12. The third-order valence-electron chi connectivity index (χ3n) is 5.73. The van der Waals surface area contributed by atoms with E-state index < -0.39 is 29.6 Å². The Balaban J connectivity index is 1.81. The van der Waals surface area contributed by atoms with Crippen LogP contribution >= 0.6 is 11.8 Å². The number of carbonyl (C=O) groups excluding carboxylic acids is 1. The number of rotatable bonds is 4. The van der Waals surface area contributed by atoms with E-state index in [0.29, 0.717) is 29.2 Å². The van der Waals surface area contributed by atoms with Gasteiger partial charge in [0.1, 0.15) is 17.0 Å². The highest BCUT2D eigenvalue weighted by molar-refractivity contribution is 7.98. The zero-order valence-electron chi connectivity index (χ0n) is 14.5. The number of carbonyl (C=O) groups is 1. The van der Waals surface area contributed by atoms with Crippen LogP contribution in [0.4, 0.5) is 5.82 Å². The lowest BCUT2D eigenvalue weighted by Gasteiger charge is -2.45. The van der Waals surface area contributed by atoms with Crippen molar-refractivity contribution in [2.75, 3.05) is 18.6 Å². The number of imidazole rings is 1. The highest BCUT2D eigenvalue weighted by Crippen LogP contribution is 2.62. The summed E-state index contributed by atoms with van der Waals surface area (Å²) < 4.78 is 6.91. The number of nitrogens with zero attached hydrogens (tertiary/aromatic N) is 4. The van der Waals surface area contributed by atoms with E-state index in [1.54, 1.807) is 17.8 Å². The number of hydrogen-bond acceptors (Lipinski definition) is 9. The van der Waals surface area contributed by atoms with Crippen molar-refractivity contribution in [2.45, 2.75) is 43.2 Å². The summed E-state index contributed by atoms with van der Waals surface area (Å²) in [4.78, 5) is 25.5. The number of thioether (sulfide) groups is 1. The monoisotopic (exact) mass is 379 g/mol. The van der Waals surface area contributed by atoms with E-state index in [1.165, 1.54) is 11.8 Å². The van der Waals surface area contributed by atoms with Crippen molar-refractivity contribution in [1.82, 2.24) is 19.5 Å². The molecular formula is C16H21N5O4S. The number of esters is 1. The van der Waals surface area contributed by atoms with Crippen LogP contribution in [-0.2, 0) is 9.53 Å². The lowest BCUT2D eigenvalue weighted by atomic mass is 9.60. The Kier molecular flexibility index (Phi) is 4.08. The van der Waals surface area contributed by atoms with Crippen molar-refractivity contribution < 1.29 is 19.7 Å². The molecule has 26 heavy (non-hydrogen) atoms. The van der Waals surface area contributed by atoms with Gasteiger partial charge in [0, 0.05) is 5.92 Å². The average molecular weight is 379 g/mol. The van der Waals surface area contributed by atoms with Crippen molar-refractivity contribution in [1.29, 1.82) is 0 Å². The zero-order valence-corrected chi connectivity index (χ0v) is 15.3. The van der Waals surface area contributed by atoms with Gasteiger partial charge in [0.25, 0.3) is 0 Å². The fourth-order valence-electron chi connectivity index (χ4n) is 4.42. The number of aromatic nitrogens is 4. The Morgan fingerprint density at radius 3 is 2.88 bits per heavy atom. The van der Waals surface area contributed by atoms with Gasteiger partial charge in [0.15, 0.2) is 16.6 Å². The molecule has 2 fully saturated rings. The van der Waals surface area contributed by atoms with Crippen LogP contribution in [0.15, 0.2) is 11.5 Å². The Hall–Kier alpha value is -1.91. The fraction of sp³-hybridized carbons (Fsp3) is 0.625. The molecule has 0 spiro atoms. The van der Waals surface area contributed by atoms with E-state index in [9.17, 15) is 15.0 Å². The molecule has 0 bridgehead atoms. The maximum Gasteiger partial charge on any atom is 0.315 e. The maximum absolute atomic E-state index is 12.6. The van der Waals surface area contributed by atoms with Crippen molar-refractivity contribution in [2.24, 2.45) is 11.3 Å². The highest BCUT2D eigenvalue weighted by Gasteiger charge is 2.70. The van der Waals surface area contributed by atoms with Crippen LogP contribution in [0.5, 0.6) is 0 Å². The number of hydrogen-bond donors (Lipinski definition) is 3. The molecule has 0 saturated heterocycles. The van der Waals surface area contributed by atoms with Gasteiger partial charge in [-0.2, -0.15) is 0 Å². The summed E-state index contributed by atoms with van der Waals surface area (Å²) >= 11 is 1.35. The van der Waals surface area contributed by atoms with Crippen LogP contribution in [0.3, 0.4) is 0 Å². The molecule has 0 amide bonds. The topological polar surface area (TPSA) is 136 Å². The molecule has 9 nitrogen and oxygen atoms in total. The molecule has 2 aliphatic carbocycles. The predicted molar refractivity (Wildman–Crippen MR) is 94.4 cm³/mol. The Bertz CT molecular complexity index is 874. The van der Waals surface area contributed by atoms with Gasteiger partial charge >= 0.3 is 5.97 Å². The van der Waals surface area contributed by atoms with Gasteiger partial charge in [-0.1, -0.05) is 11.8 Å². The lowest BCUT2D eigenvalue weighted by Crippen LogP contribution is -2.52. The van der Waals surface area contributed by atoms with E-state index in [2.05, 4.69) is 15.0 Å². The number of aliphatic hydroxyl groups is 2. The first-order valence-corrected chi connectivity index (χ1v) is 9.75. The summed E-state index contributed by atoms with van der Waals surface area (Å²) in [6.07, 6.45) is 2.26. The molecule has 0 aliphatic heterocycles. The van der Waals surface area contributed by atoms with Crippen molar-refractivity contribution >= 4 is 34.7 Å². The second-order valence-corrected chi connectivity index (χ2v) is 7.53. The fourth-order valence-corrected chi connectivity index (χ4v) is 4.79. The number of fused-ring (bicyclic) bond motifs is 2. The van der Waals surface area contributed by atoms with Gasteiger partial charge < -0.3 is 25.3 Å². The van der Waals surface area contributed by atoms with Crippen LogP contribution in [-0.4, -0.2) is 60.8 Å². The standard InChI is InChI=1S/C16H21N5O4S/c1-3-25-14(24)16-5-4-7(16)9(10(22)11(16)23)21-6-18-8-12(17)19-15(26-2)20-13(8)21/h6-7,9-11,22-23H,3-5H2,1-2H3,(H2,17,19,20)/t7-,9-,10+,11+,16+/m1/s1. The first-order valence-electron chi connectivity index (χ1n) is 8.53. The predicted octanol–water partition coefficient (Wildman–Crippen LogP) is 0.366. The summed E-state index contributed by atoms with van der Waals surface area (Å²) in [6.45, 7) is 1.96. The van der Waals surface area contributed by atoms with Gasteiger partial charge in [-0.25, -0.2) is 15.0 Å². The summed E-state index contributed by atoms with van der Waals surface area (Å²) in [5.41, 5.74) is 5.83. The number of anilines is 1. The molecule has 140 valence electrons.